The van der Waals surface area contributed by atoms with Crippen LogP contribution in [0.1, 0.15) is 19.2 Å². The van der Waals surface area contributed by atoms with Gasteiger partial charge in [-0.25, -0.2) is 4.98 Å². The van der Waals surface area contributed by atoms with Gasteiger partial charge < -0.3 is 14.5 Å². The molecule has 1 aromatic carbocycles. The lowest BCUT2D eigenvalue weighted by Crippen LogP contribution is -2.17. The Morgan fingerprint density at radius 1 is 1.35 bits per heavy atom. The summed E-state index contributed by atoms with van der Waals surface area (Å²) in [5.41, 5.74) is 0.858. The first-order chi connectivity index (χ1) is 9.74. The van der Waals surface area contributed by atoms with E-state index in [-0.39, 0.29) is 0 Å². The summed E-state index contributed by atoms with van der Waals surface area (Å²) < 4.78 is 11.1. The van der Waals surface area contributed by atoms with Gasteiger partial charge in [-0.3, -0.25) is 0 Å². The molecular weight excluding hydrogens is 276 g/mol. The van der Waals surface area contributed by atoms with E-state index < -0.39 is 0 Å². The molecule has 0 amide bonds. The zero-order valence-corrected chi connectivity index (χ0v) is 12.5. The molecule has 0 unspecified atom stereocenters. The molecule has 0 saturated carbocycles. The van der Waals surface area contributed by atoms with E-state index in [2.05, 4.69) is 17.2 Å². The average molecular weight is 295 g/mol. The Morgan fingerprint density at radius 2 is 2.20 bits per heavy atom. The molecule has 0 spiro atoms. The van der Waals surface area contributed by atoms with Crippen molar-refractivity contribution in [3.63, 3.8) is 0 Å². The molecule has 1 heterocycles. The van der Waals surface area contributed by atoms with Crippen molar-refractivity contribution in [2.24, 2.45) is 0 Å². The molecule has 4 nitrogen and oxygen atoms in total. The minimum absolute atomic E-state index is 0.633. The van der Waals surface area contributed by atoms with Crippen molar-refractivity contribution in [1.29, 1.82) is 0 Å². The van der Waals surface area contributed by atoms with Gasteiger partial charge >= 0.3 is 0 Å². The van der Waals surface area contributed by atoms with E-state index in [1.807, 2.05) is 12.1 Å². The third-order valence-electron chi connectivity index (χ3n) is 2.93. The first kappa shape index (κ1) is 14.9. The Balaban J connectivity index is 2.08. The molecule has 0 radical (unpaired) electrons. The largest absolute Gasteiger partial charge is 0.496 e. The van der Waals surface area contributed by atoms with Crippen LogP contribution < -0.4 is 10.1 Å². The molecule has 0 aliphatic rings. The molecule has 0 atom stereocenters. The summed E-state index contributed by atoms with van der Waals surface area (Å²) in [6.07, 6.45) is 3.62. The van der Waals surface area contributed by atoms with Crippen molar-refractivity contribution in [3.8, 4) is 17.1 Å². The molecular formula is C15H19ClN2O2. The minimum atomic E-state index is 0.633. The number of halogens is 1. The van der Waals surface area contributed by atoms with Gasteiger partial charge in [-0.1, -0.05) is 18.5 Å². The van der Waals surface area contributed by atoms with Gasteiger partial charge in [-0.05, 0) is 31.2 Å². The summed E-state index contributed by atoms with van der Waals surface area (Å²) in [5.74, 6) is 2.11. The van der Waals surface area contributed by atoms with Crippen LogP contribution in [0.25, 0.3) is 11.3 Å². The fraction of sp³-hybridized carbons (Fsp3) is 0.400. The first-order valence-electron chi connectivity index (χ1n) is 6.74. The summed E-state index contributed by atoms with van der Waals surface area (Å²) in [6, 6.07) is 5.45. The standard InChI is InChI=1S/C15H19ClN2O2/c1-3-7-17-8-6-15-18-10-14(20-15)12-5-4-11(16)9-13(12)19-2/h4-5,9-10,17H,3,6-8H2,1-2H3. The first-order valence-corrected chi connectivity index (χ1v) is 7.11. The molecule has 0 bridgehead atoms. The van der Waals surface area contributed by atoms with Crippen LogP contribution in [-0.2, 0) is 6.42 Å². The van der Waals surface area contributed by atoms with Gasteiger partial charge in [-0.2, -0.15) is 0 Å². The van der Waals surface area contributed by atoms with Crippen LogP contribution >= 0.6 is 11.6 Å². The minimum Gasteiger partial charge on any atom is -0.496 e. The monoisotopic (exact) mass is 294 g/mol. The smallest absolute Gasteiger partial charge is 0.196 e. The van der Waals surface area contributed by atoms with Crippen molar-refractivity contribution in [3.05, 3.63) is 35.3 Å². The van der Waals surface area contributed by atoms with Crippen LogP contribution in [0.15, 0.2) is 28.8 Å². The molecule has 0 aliphatic heterocycles. The number of hydrogen-bond acceptors (Lipinski definition) is 4. The van der Waals surface area contributed by atoms with Crippen LogP contribution in [0.5, 0.6) is 5.75 Å². The van der Waals surface area contributed by atoms with Gasteiger partial charge in [0.1, 0.15) is 5.75 Å². The summed E-state index contributed by atoms with van der Waals surface area (Å²) in [7, 11) is 1.61. The molecule has 108 valence electrons. The van der Waals surface area contributed by atoms with Crippen molar-refractivity contribution in [2.45, 2.75) is 19.8 Å². The van der Waals surface area contributed by atoms with Crippen molar-refractivity contribution in [1.82, 2.24) is 10.3 Å². The lowest BCUT2D eigenvalue weighted by Gasteiger charge is -2.05. The third kappa shape index (κ3) is 3.74. The van der Waals surface area contributed by atoms with Crippen LogP contribution in [0.3, 0.4) is 0 Å². The number of methoxy groups -OCH3 is 1. The summed E-state index contributed by atoms with van der Waals surface area (Å²) in [6.45, 7) is 4.02. The number of ether oxygens (including phenoxy) is 1. The zero-order valence-electron chi connectivity index (χ0n) is 11.8. The quantitative estimate of drug-likeness (QED) is 0.793. The molecule has 0 saturated heterocycles. The molecule has 20 heavy (non-hydrogen) atoms. The number of rotatable bonds is 7. The fourth-order valence-corrected chi connectivity index (χ4v) is 2.08. The van der Waals surface area contributed by atoms with Crippen molar-refractivity contribution < 1.29 is 9.15 Å². The average Bonchev–Trinajstić information content (AvgIpc) is 2.92. The predicted molar refractivity (Wildman–Crippen MR) is 80.4 cm³/mol. The topological polar surface area (TPSA) is 47.3 Å². The number of nitrogens with one attached hydrogen (secondary N) is 1. The van der Waals surface area contributed by atoms with Gasteiger partial charge in [0, 0.05) is 18.0 Å². The van der Waals surface area contributed by atoms with Gasteiger partial charge in [0.15, 0.2) is 11.7 Å². The molecule has 2 aromatic rings. The van der Waals surface area contributed by atoms with Gasteiger partial charge in [0.05, 0.1) is 18.9 Å². The second-order valence-electron chi connectivity index (χ2n) is 4.46. The van der Waals surface area contributed by atoms with Gasteiger partial charge in [0.25, 0.3) is 0 Å². The van der Waals surface area contributed by atoms with Gasteiger partial charge in [-0.15, -0.1) is 0 Å². The highest BCUT2D eigenvalue weighted by molar-refractivity contribution is 6.30. The predicted octanol–water partition coefficient (Wildman–Crippen LogP) is 3.55. The Kier molecular flexibility index (Phi) is 5.44. The second kappa shape index (κ2) is 7.31. The van der Waals surface area contributed by atoms with Crippen molar-refractivity contribution >= 4 is 11.6 Å². The molecule has 2 rings (SSSR count). The highest BCUT2D eigenvalue weighted by Gasteiger charge is 2.11. The molecule has 5 heteroatoms. The lowest BCUT2D eigenvalue weighted by molar-refractivity contribution is 0.413. The molecule has 1 aromatic heterocycles. The van der Waals surface area contributed by atoms with Crippen molar-refractivity contribution in [2.75, 3.05) is 20.2 Å². The molecule has 1 N–H and O–H groups in total. The summed E-state index contributed by atoms with van der Waals surface area (Å²) in [5, 5.41) is 3.95. The number of hydrogen-bond donors (Lipinski definition) is 1. The highest BCUT2D eigenvalue weighted by Crippen LogP contribution is 2.32. The zero-order chi connectivity index (χ0) is 14.4. The van der Waals surface area contributed by atoms with Crippen LogP contribution in [-0.4, -0.2) is 25.2 Å². The van der Waals surface area contributed by atoms with E-state index in [0.717, 1.165) is 37.4 Å². The van der Waals surface area contributed by atoms with E-state index in [1.165, 1.54) is 0 Å². The van der Waals surface area contributed by atoms with E-state index in [1.54, 1.807) is 19.4 Å². The van der Waals surface area contributed by atoms with E-state index >= 15 is 0 Å². The second-order valence-corrected chi connectivity index (χ2v) is 4.90. The van der Waals surface area contributed by atoms with E-state index in [9.17, 15) is 0 Å². The normalized spacial score (nSPS) is 10.8. The Hall–Kier alpha value is -1.52. The number of nitrogens with zero attached hydrogens (tertiary/aromatic N) is 1. The maximum atomic E-state index is 5.95. The van der Waals surface area contributed by atoms with E-state index in [4.69, 9.17) is 20.8 Å². The SMILES string of the molecule is CCCNCCc1ncc(-c2ccc(Cl)cc2OC)o1. The number of benzene rings is 1. The fourth-order valence-electron chi connectivity index (χ4n) is 1.92. The summed E-state index contributed by atoms with van der Waals surface area (Å²) in [4.78, 5) is 4.29. The van der Waals surface area contributed by atoms with Gasteiger partial charge in [0.2, 0.25) is 0 Å². The highest BCUT2D eigenvalue weighted by atomic mass is 35.5. The third-order valence-corrected chi connectivity index (χ3v) is 3.16. The molecule has 0 aliphatic carbocycles. The Labute approximate surface area is 124 Å². The van der Waals surface area contributed by atoms with Crippen LogP contribution in [0, 0.1) is 0 Å². The van der Waals surface area contributed by atoms with Crippen LogP contribution in [0.2, 0.25) is 5.02 Å². The number of aromatic nitrogens is 1. The van der Waals surface area contributed by atoms with E-state index in [0.29, 0.717) is 16.5 Å². The maximum absolute atomic E-state index is 5.95. The maximum Gasteiger partial charge on any atom is 0.196 e. The number of oxazole rings is 1. The lowest BCUT2D eigenvalue weighted by atomic mass is 10.1. The summed E-state index contributed by atoms with van der Waals surface area (Å²) >= 11 is 5.95. The van der Waals surface area contributed by atoms with Crippen LogP contribution in [0.4, 0.5) is 0 Å². The molecule has 0 fully saturated rings. The Bertz CT molecular complexity index is 555. The Morgan fingerprint density at radius 3 is 2.95 bits per heavy atom.